The fourth-order valence-electron chi connectivity index (χ4n) is 5.66. The summed E-state index contributed by atoms with van der Waals surface area (Å²) in [7, 11) is 2.85. The number of aryl methyl sites for hydroxylation is 1. The van der Waals surface area contributed by atoms with E-state index < -0.39 is 17.9 Å². The summed E-state index contributed by atoms with van der Waals surface area (Å²) in [4.78, 5) is 30.7. The Balaban J connectivity index is 1.62. The Bertz CT molecular complexity index is 1350. The van der Waals surface area contributed by atoms with Gasteiger partial charge in [-0.05, 0) is 69.7 Å². The number of imidazole rings is 1. The largest absolute Gasteiger partial charge is 0.497 e. The second-order valence-corrected chi connectivity index (χ2v) is 9.78. The fraction of sp³-hybridized carbons (Fsp3) is 0.444. The van der Waals surface area contributed by atoms with E-state index in [0.29, 0.717) is 37.4 Å². The normalized spacial score (nSPS) is 21.4. The van der Waals surface area contributed by atoms with E-state index in [1.165, 1.54) is 20.3 Å². The summed E-state index contributed by atoms with van der Waals surface area (Å²) in [5, 5.41) is 12.6. The lowest BCUT2D eigenvalue weighted by Crippen LogP contribution is -2.42. The molecule has 3 aromatic rings. The van der Waals surface area contributed by atoms with E-state index in [0.717, 1.165) is 35.1 Å². The minimum atomic E-state index is -0.765. The molecule has 0 bridgehead atoms. The first-order valence-electron chi connectivity index (χ1n) is 12.6. The number of carbonyl (C=O) groups excluding carboxylic acids is 1. The maximum atomic E-state index is 14.9. The zero-order chi connectivity index (χ0) is 26.3. The molecule has 2 heterocycles. The number of carbonyl (C=O) groups is 2. The highest BCUT2D eigenvalue weighted by atomic mass is 19.1. The Labute approximate surface area is 214 Å². The van der Waals surface area contributed by atoms with E-state index in [4.69, 9.17) is 14.5 Å². The number of nitrogens with zero attached hydrogens (tertiary/aromatic N) is 3. The van der Waals surface area contributed by atoms with Crippen molar-refractivity contribution < 1.29 is 28.6 Å². The van der Waals surface area contributed by atoms with Gasteiger partial charge >= 0.3 is 12.1 Å². The minimum Gasteiger partial charge on any atom is -0.497 e. The zero-order valence-electron chi connectivity index (χ0n) is 21.2. The highest BCUT2D eigenvalue weighted by Gasteiger charge is 2.34. The SMILES string of the molecule is COC(=O)N1c2ccc3c(nc(Nc4ccc(OC)cc4F)n3C3CCC(C(=O)O)CC3)c2CC[C@@H]1C. The van der Waals surface area contributed by atoms with Gasteiger partial charge < -0.3 is 24.5 Å². The second-order valence-electron chi connectivity index (χ2n) is 9.78. The molecule has 5 rings (SSSR count). The number of nitrogens with one attached hydrogen (secondary N) is 1. The van der Waals surface area contributed by atoms with E-state index in [1.54, 1.807) is 17.0 Å². The number of fused-ring (bicyclic) bond motifs is 3. The molecule has 0 radical (unpaired) electrons. The second kappa shape index (κ2) is 9.91. The maximum absolute atomic E-state index is 14.9. The van der Waals surface area contributed by atoms with Gasteiger partial charge in [0, 0.05) is 23.7 Å². The van der Waals surface area contributed by atoms with Crippen LogP contribution in [0.25, 0.3) is 11.0 Å². The number of aliphatic carboxylic acids is 1. The number of methoxy groups -OCH3 is 2. The van der Waals surface area contributed by atoms with Crippen LogP contribution in [0.15, 0.2) is 30.3 Å². The van der Waals surface area contributed by atoms with E-state index in [1.807, 2.05) is 19.1 Å². The van der Waals surface area contributed by atoms with E-state index in [2.05, 4.69) is 9.88 Å². The van der Waals surface area contributed by atoms with Gasteiger partial charge in [0.05, 0.1) is 42.5 Å². The summed E-state index contributed by atoms with van der Waals surface area (Å²) >= 11 is 0. The van der Waals surface area contributed by atoms with Crippen LogP contribution in [0.4, 0.5) is 26.5 Å². The molecule has 2 aromatic carbocycles. The van der Waals surface area contributed by atoms with Gasteiger partial charge in [-0.1, -0.05) is 0 Å². The van der Waals surface area contributed by atoms with Crippen molar-refractivity contribution in [2.45, 2.75) is 57.5 Å². The lowest BCUT2D eigenvalue weighted by atomic mass is 9.86. The number of benzene rings is 2. The smallest absolute Gasteiger partial charge is 0.414 e. The Morgan fingerprint density at radius 3 is 2.51 bits per heavy atom. The van der Waals surface area contributed by atoms with Gasteiger partial charge in [-0.15, -0.1) is 0 Å². The molecule has 1 aromatic heterocycles. The van der Waals surface area contributed by atoms with Crippen LogP contribution in [-0.4, -0.2) is 47.0 Å². The molecule has 0 spiro atoms. The molecule has 1 aliphatic carbocycles. The highest BCUT2D eigenvalue weighted by Crippen LogP contribution is 2.42. The number of amides is 1. The molecule has 10 heteroatoms. The molecule has 37 heavy (non-hydrogen) atoms. The van der Waals surface area contributed by atoms with Gasteiger partial charge in [-0.3, -0.25) is 9.69 Å². The van der Waals surface area contributed by atoms with Gasteiger partial charge in [-0.2, -0.15) is 0 Å². The number of hydrogen-bond acceptors (Lipinski definition) is 6. The Morgan fingerprint density at radius 1 is 1.11 bits per heavy atom. The van der Waals surface area contributed by atoms with Crippen molar-refractivity contribution >= 4 is 40.4 Å². The highest BCUT2D eigenvalue weighted by molar-refractivity contribution is 5.96. The van der Waals surface area contributed by atoms with Crippen LogP contribution < -0.4 is 15.0 Å². The summed E-state index contributed by atoms with van der Waals surface area (Å²) in [6.45, 7) is 1.99. The van der Waals surface area contributed by atoms with Crippen molar-refractivity contribution in [3.63, 3.8) is 0 Å². The number of anilines is 3. The standard InChI is InChI=1S/C27H31FN4O5/c1-15-4-10-19-22(31(15)27(35)37-3)12-13-23-24(19)30-26(29-21-11-9-18(36-2)14-20(21)28)32(23)17-7-5-16(6-8-17)25(33)34/h9,11-17H,4-8,10H2,1-3H3,(H,29,30)(H,33,34)/t15-,16?,17?/m0/s1. The molecule has 1 saturated carbocycles. The van der Waals surface area contributed by atoms with Crippen molar-refractivity contribution in [3.05, 3.63) is 41.7 Å². The zero-order valence-corrected chi connectivity index (χ0v) is 21.2. The van der Waals surface area contributed by atoms with Crippen molar-refractivity contribution in [1.82, 2.24) is 9.55 Å². The quantitative estimate of drug-likeness (QED) is 0.457. The number of carboxylic acids is 1. The van der Waals surface area contributed by atoms with Crippen molar-refractivity contribution in [2.75, 3.05) is 24.4 Å². The van der Waals surface area contributed by atoms with Gasteiger partial charge in [0.15, 0.2) is 0 Å². The van der Waals surface area contributed by atoms with Crippen LogP contribution in [0.3, 0.4) is 0 Å². The molecule has 0 unspecified atom stereocenters. The predicted octanol–water partition coefficient (Wildman–Crippen LogP) is 5.65. The van der Waals surface area contributed by atoms with Crippen molar-refractivity contribution in [3.8, 4) is 5.75 Å². The molecular weight excluding hydrogens is 479 g/mol. The van der Waals surface area contributed by atoms with Crippen LogP contribution in [0.5, 0.6) is 5.75 Å². The summed E-state index contributed by atoms with van der Waals surface area (Å²) < 4.78 is 27.1. The van der Waals surface area contributed by atoms with Crippen LogP contribution >= 0.6 is 0 Å². The Hall–Kier alpha value is -3.82. The average molecular weight is 511 g/mol. The van der Waals surface area contributed by atoms with Gasteiger partial charge in [0.2, 0.25) is 5.95 Å². The number of rotatable bonds is 5. The molecule has 1 atom stereocenters. The molecule has 1 amide bonds. The number of halogens is 1. The van der Waals surface area contributed by atoms with Crippen LogP contribution in [0.2, 0.25) is 0 Å². The number of ether oxygens (including phenoxy) is 2. The van der Waals surface area contributed by atoms with Crippen molar-refractivity contribution in [1.29, 1.82) is 0 Å². The lowest BCUT2D eigenvalue weighted by molar-refractivity contribution is -0.143. The molecule has 0 saturated heterocycles. The molecule has 2 N–H and O–H groups in total. The summed E-state index contributed by atoms with van der Waals surface area (Å²) in [5.41, 5.74) is 3.58. The minimum absolute atomic E-state index is 0.00156. The van der Waals surface area contributed by atoms with E-state index in [9.17, 15) is 19.1 Å². The molecule has 9 nitrogen and oxygen atoms in total. The summed E-state index contributed by atoms with van der Waals surface area (Å²) in [5.74, 6) is -0.701. The predicted molar refractivity (Wildman–Crippen MR) is 137 cm³/mol. The third-order valence-corrected chi connectivity index (χ3v) is 7.66. The van der Waals surface area contributed by atoms with Crippen LogP contribution in [0.1, 0.15) is 50.6 Å². The van der Waals surface area contributed by atoms with Gasteiger partial charge in [0.25, 0.3) is 0 Å². The molecule has 196 valence electrons. The number of aromatic nitrogens is 2. The van der Waals surface area contributed by atoms with Crippen molar-refractivity contribution in [2.24, 2.45) is 5.92 Å². The molecule has 1 aliphatic heterocycles. The summed E-state index contributed by atoms with van der Waals surface area (Å²) in [6.07, 6.45) is 3.55. The van der Waals surface area contributed by atoms with Gasteiger partial charge in [0.1, 0.15) is 11.6 Å². The van der Waals surface area contributed by atoms with Gasteiger partial charge in [-0.25, -0.2) is 14.2 Å². The first-order valence-corrected chi connectivity index (χ1v) is 12.6. The van der Waals surface area contributed by atoms with E-state index in [-0.39, 0.29) is 23.7 Å². The third-order valence-electron chi connectivity index (χ3n) is 7.66. The topological polar surface area (TPSA) is 106 Å². The van der Waals surface area contributed by atoms with Crippen LogP contribution in [-0.2, 0) is 16.0 Å². The molecule has 2 aliphatic rings. The maximum Gasteiger partial charge on any atom is 0.414 e. The third kappa shape index (κ3) is 4.45. The Kier molecular flexibility index (Phi) is 6.66. The molecular formula is C27H31FN4O5. The Morgan fingerprint density at radius 2 is 1.86 bits per heavy atom. The lowest BCUT2D eigenvalue weighted by Gasteiger charge is -2.34. The summed E-state index contributed by atoms with van der Waals surface area (Å²) in [6, 6.07) is 8.43. The molecule has 1 fully saturated rings. The van der Waals surface area contributed by atoms with E-state index >= 15 is 0 Å². The van der Waals surface area contributed by atoms with Crippen LogP contribution in [0, 0.1) is 11.7 Å². The monoisotopic (exact) mass is 510 g/mol. The first kappa shape index (κ1) is 24.9. The number of hydrogen-bond donors (Lipinski definition) is 2. The number of carboxylic acid groups (broad SMARTS) is 1. The first-order chi connectivity index (χ1) is 17.8. The average Bonchev–Trinajstić information content (AvgIpc) is 3.27. The fourth-order valence-corrected chi connectivity index (χ4v) is 5.66.